The number of H-pyrrole nitrogens is 1. The molecule has 1 saturated heterocycles. The molecule has 0 unspecified atom stereocenters. The van der Waals surface area contributed by atoms with Gasteiger partial charge in [0, 0.05) is 13.1 Å². The fraction of sp³-hybridized carbons (Fsp3) is 0.733. The second-order valence-electron chi connectivity index (χ2n) is 7.13. The summed E-state index contributed by atoms with van der Waals surface area (Å²) in [6.07, 6.45) is 0.772. The monoisotopic (exact) mass is 338 g/mol. The third-order valence-corrected chi connectivity index (χ3v) is 5.94. The molecule has 2 heterocycles. The Bertz CT molecular complexity index is 644. The quantitative estimate of drug-likeness (QED) is 0.657. The highest BCUT2D eigenvalue weighted by Gasteiger charge is 2.67. The van der Waals surface area contributed by atoms with Gasteiger partial charge in [-0.1, -0.05) is 25.6 Å². The van der Waals surface area contributed by atoms with E-state index in [1.807, 2.05) is 6.92 Å². The highest BCUT2D eigenvalue weighted by molar-refractivity contribution is 7.99. The summed E-state index contributed by atoms with van der Waals surface area (Å²) in [5.74, 6) is 1.01. The zero-order valence-corrected chi connectivity index (χ0v) is 14.7. The Kier molecular flexibility index (Phi) is 3.90. The second-order valence-corrected chi connectivity index (χ2v) is 8.07. The number of hydrogen-bond donors (Lipinski definition) is 1. The molecule has 2 fully saturated rings. The minimum Gasteiger partial charge on any atom is -0.469 e. The van der Waals surface area contributed by atoms with E-state index in [9.17, 15) is 9.59 Å². The van der Waals surface area contributed by atoms with E-state index in [0.717, 1.165) is 12.2 Å². The van der Waals surface area contributed by atoms with Crippen molar-refractivity contribution >= 4 is 23.6 Å². The third-order valence-electron chi connectivity index (χ3n) is 5.10. The van der Waals surface area contributed by atoms with Crippen molar-refractivity contribution in [3.63, 3.8) is 0 Å². The standard InChI is InChI=1S/C15H22N4O3S/c1-9-16-13(18-17-9)23-6-11(20)19-5-10-14(2,3)7-15(10,8-19)12(21)22-4/h10H,5-8H2,1-4H3,(H,16,17,18)/t10-,15+/m1/s1. The molecule has 0 spiro atoms. The number of carbonyl (C=O) groups excluding carboxylic acids is 2. The van der Waals surface area contributed by atoms with Crippen LogP contribution in [0.4, 0.5) is 0 Å². The largest absolute Gasteiger partial charge is 0.469 e. The van der Waals surface area contributed by atoms with Crippen LogP contribution in [-0.2, 0) is 14.3 Å². The van der Waals surface area contributed by atoms with Crippen LogP contribution in [0.2, 0.25) is 0 Å². The molecule has 7 nitrogen and oxygen atoms in total. The number of aryl methyl sites for hydroxylation is 1. The van der Waals surface area contributed by atoms with Gasteiger partial charge in [-0.25, -0.2) is 4.98 Å². The lowest BCUT2D eigenvalue weighted by atomic mass is 9.48. The molecule has 0 aromatic carbocycles. The van der Waals surface area contributed by atoms with Gasteiger partial charge in [-0.15, -0.1) is 5.10 Å². The zero-order chi connectivity index (χ0) is 16.8. The van der Waals surface area contributed by atoms with Crippen LogP contribution in [0, 0.1) is 23.7 Å². The van der Waals surface area contributed by atoms with Gasteiger partial charge in [-0.2, -0.15) is 0 Å². The topological polar surface area (TPSA) is 88.2 Å². The van der Waals surface area contributed by atoms with Crippen LogP contribution in [0.3, 0.4) is 0 Å². The maximum Gasteiger partial charge on any atom is 0.314 e. The number of ether oxygens (including phenoxy) is 1. The normalized spacial score (nSPS) is 28.2. The fourth-order valence-electron chi connectivity index (χ4n) is 4.17. The Morgan fingerprint density at radius 2 is 2.22 bits per heavy atom. The van der Waals surface area contributed by atoms with Crippen molar-refractivity contribution in [2.45, 2.75) is 32.3 Å². The van der Waals surface area contributed by atoms with Gasteiger partial charge in [0.25, 0.3) is 0 Å². The third kappa shape index (κ3) is 2.62. The number of aromatic amines is 1. The first-order chi connectivity index (χ1) is 10.8. The molecule has 2 atom stereocenters. The van der Waals surface area contributed by atoms with Gasteiger partial charge in [-0.3, -0.25) is 14.7 Å². The van der Waals surface area contributed by atoms with Crippen LogP contribution in [0.1, 0.15) is 26.1 Å². The average Bonchev–Trinajstić information content (AvgIpc) is 3.06. The van der Waals surface area contributed by atoms with Gasteiger partial charge in [0.1, 0.15) is 5.82 Å². The van der Waals surface area contributed by atoms with Crippen LogP contribution in [0.25, 0.3) is 0 Å². The molecule has 1 saturated carbocycles. The summed E-state index contributed by atoms with van der Waals surface area (Å²) in [6, 6.07) is 0. The molecular formula is C15H22N4O3S. The van der Waals surface area contributed by atoms with Crippen LogP contribution in [-0.4, -0.2) is 57.9 Å². The number of amides is 1. The van der Waals surface area contributed by atoms with E-state index in [1.165, 1.54) is 18.9 Å². The number of methoxy groups -OCH3 is 1. The lowest BCUT2D eigenvalue weighted by molar-refractivity contribution is -0.174. The van der Waals surface area contributed by atoms with Crippen LogP contribution in [0.15, 0.2) is 5.16 Å². The van der Waals surface area contributed by atoms with Crippen LogP contribution < -0.4 is 0 Å². The molecule has 1 N–H and O–H groups in total. The Hall–Kier alpha value is -1.57. The van der Waals surface area contributed by atoms with Gasteiger partial charge in [0.05, 0.1) is 18.3 Å². The van der Waals surface area contributed by atoms with Crippen molar-refractivity contribution < 1.29 is 14.3 Å². The van der Waals surface area contributed by atoms with Crippen molar-refractivity contribution in [3.05, 3.63) is 5.82 Å². The number of fused-ring (bicyclic) bond motifs is 1. The maximum absolute atomic E-state index is 12.5. The molecule has 1 aliphatic carbocycles. The predicted molar refractivity (Wildman–Crippen MR) is 84.8 cm³/mol. The number of esters is 1. The molecule has 0 bridgehead atoms. The summed E-state index contributed by atoms with van der Waals surface area (Å²) >= 11 is 1.31. The van der Waals surface area contributed by atoms with E-state index < -0.39 is 5.41 Å². The number of hydrogen-bond acceptors (Lipinski definition) is 6. The maximum atomic E-state index is 12.5. The smallest absolute Gasteiger partial charge is 0.314 e. The van der Waals surface area contributed by atoms with E-state index in [2.05, 4.69) is 29.0 Å². The van der Waals surface area contributed by atoms with E-state index in [1.54, 1.807) is 4.90 Å². The van der Waals surface area contributed by atoms with Gasteiger partial charge in [0.2, 0.25) is 11.1 Å². The summed E-state index contributed by atoms with van der Waals surface area (Å²) < 4.78 is 5.01. The second kappa shape index (κ2) is 5.51. The number of likely N-dealkylation sites (tertiary alicyclic amines) is 1. The highest BCUT2D eigenvalue weighted by Crippen LogP contribution is 2.63. The predicted octanol–water partition coefficient (Wildman–Crippen LogP) is 1.25. The van der Waals surface area contributed by atoms with E-state index >= 15 is 0 Å². The van der Waals surface area contributed by atoms with Gasteiger partial charge in [0.15, 0.2) is 0 Å². The molecule has 126 valence electrons. The molecule has 23 heavy (non-hydrogen) atoms. The number of carbonyl (C=O) groups is 2. The molecule has 1 aromatic heterocycles. The van der Waals surface area contributed by atoms with E-state index in [-0.39, 0.29) is 29.0 Å². The SMILES string of the molecule is COC(=O)[C@@]12CN(C(=O)CSc3n[nH]c(C)n3)C[C@@H]1C(C)(C)C2. The van der Waals surface area contributed by atoms with E-state index in [0.29, 0.717) is 18.2 Å². The molecular weight excluding hydrogens is 316 g/mol. The molecule has 1 aliphatic heterocycles. The lowest BCUT2D eigenvalue weighted by Gasteiger charge is -2.54. The first-order valence-electron chi connectivity index (χ1n) is 7.66. The minimum atomic E-state index is -0.514. The van der Waals surface area contributed by atoms with Crippen LogP contribution >= 0.6 is 11.8 Å². The molecule has 8 heteroatoms. The number of rotatable bonds is 4. The van der Waals surface area contributed by atoms with E-state index in [4.69, 9.17) is 4.74 Å². The van der Waals surface area contributed by atoms with Gasteiger partial charge in [-0.05, 0) is 24.7 Å². The first-order valence-corrected chi connectivity index (χ1v) is 8.65. The summed E-state index contributed by atoms with van der Waals surface area (Å²) in [7, 11) is 1.42. The average molecular weight is 338 g/mol. The molecule has 2 aliphatic rings. The van der Waals surface area contributed by atoms with Crippen molar-refractivity contribution in [1.82, 2.24) is 20.1 Å². The Morgan fingerprint density at radius 1 is 1.48 bits per heavy atom. The van der Waals surface area contributed by atoms with Gasteiger partial charge >= 0.3 is 5.97 Å². The zero-order valence-electron chi connectivity index (χ0n) is 13.9. The van der Waals surface area contributed by atoms with Crippen LogP contribution in [0.5, 0.6) is 0 Å². The molecule has 0 radical (unpaired) electrons. The lowest BCUT2D eigenvalue weighted by Crippen LogP contribution is -2.57. The Balaban J connectivity index is 1.65. The number of nitrogens with one attached hydrogen (secondary N) is 1. The Labute approximate surface area is 139 Å². The number of nitrogens with zero attached hydrogens (tertiary/aromatic N) is 3. The van der Waals surface area contributed by atoms with Crippen molar-refractivity contribution in [3.8, 4) is 0 Å². The highest BCUT2D eigenvalue weighted by atomic mass is 32.2. The first kappa shape index (κ1) is 16.3. The molecule has 1 amide bonds. The fourth-order valence-corrected chi connectivity index (χ4v) is 4.91. The van der Waals surface area contributed by atoms with Crippen molar-refractivity contribution in [2.75, 3.05) is 26.0 Å². The Morgan fingerprint density at radius 3 is 2.78 bits per heavy atom. The molecule has 1 aromatic rings. The minimum absolute atomic E-state index is 0.0194. The number of aromatic nitrogens is 3. The van der Waals surface area contributed by atoms with Crippen molar-refractivity contribution in [2.24, 2.45) is 16.7 Å². The summed E-state index contributed by atoms with van der Waals surface area (Å²) in [4.78, 5) is 30.7. The molecule has 3 rings (SSSR count). The number of thioether (sulfide) groups is 1. The summed E-state index contributed by atoms with van der Waals surface area (Å²) in [6.45, 7) is 7.20. The van der Waals surface area contributed by atoms with Crippen molar-refractivity contribution in [1.29, 1.82) is 0 Å². The van der Waals surface area contributed by atoms with Gasteiger partial charge < -0.3 is 9.64 Å². The summed E-state index contributed by atoms with van der Waals surface area (Å²) in [5.41, 5.74) is -0.447. The summed E-state index contributed by atoms with van der Waals surface area (Å²) in [5, 5.41) is 7.34.